The third-order valence-corrected chi connectivity index (χ3v) is 3.31. The monoisotopic (exact) mass is 268 g/mol. The van der Waals surface area contributed by atoms with Crippen molar-refractivity contribution in [3.8, 4) is 0 Å². The molecule has 19 heavy (non-hydrogen) atoms. The fraction of sp³-hybridized carbons (Fsp3) is 0.385. The molecule has 0 bridgehead atoms. The fourth-order valence-electron chi connectivity index (χ4n) is 2.03. The Balaban J connectivity index is 2.35. The summed E-state index contributed by atoms with van der Waals surface area (Å²) in [5.74, 6) is -2.17. The van der Waals surface area contributed by atoms with E-state index in [1.54, 1.807) is 0 Å². The zero-order chi connectivity index (χ0) is 14.2. The highest BCUT2D eigenvalue weighted by atomic mass is 19.1. The van der Waals surface area contributed by atoms with Crippen LogP contribution in [0.3, 0.4) is 0 Å². The van der Waals surface area contributed by atoms with Gasteiger partial charge in [0.2, 0.25) is 11.8 Å². The fourth-order valence-corrected chi connectivity index (χ4v) is 2.03. The van der Waals surface area contributed by atoms with E-state index in [1.165, 1.54) is 24.8 Å². The van der Waals surface area contributed by atoms with Crippen molar-refractivity contribution in [1.29, 1.82) is 0 Å². The zero-order valence-corrected chi connectivity index (χ0v) is 10.7. The van der Waals surface area contributed by atoms with Crippen molar-refractivity contribution in [2.24, 2.45) is 0 Å². The average Bonchev–Trinajstić information content (AvgIpc) is 2.33. The van der Waals surface area contributed by atoms with E-state index < -0.39 is 17.2 Å². The van der Waals surface area contributed by atoms with Crippen LogP contribution in [0.1, 0.15) is 19.4 Å². The Morgan fingerprint density at radius 3 is 2.42 bits per heavy atom. The van der Waals surface area contributed by atoms with Gasteiger partial charge in [-0.1, -0.05) is 6.07 Å². The van der Waals surface area contributed by atoms with Gasteiger partial charge >= 0.3 is 0 Å². The summed E-state index contributed by atoms with van der Waals surface area (Å²) in [6.45, 7) is 2.66. The molecule has 0 aliphatic carbocycles. The van der Waals surface area contributed by atoms with Gasteiger partial charge in [-0.15, -0.1) is 0 Å². The lowest BCUT2D eigenvalue weighted by Crippen LogP contribution is -2.63. The maximum Gasteiger partial charge on any atom is 0.245 e. The van der Waals surface area contributed by atoms with Gasteiger partial charge in [-0.25, -0.2) is 8.78 Å². The second-order valence-corrected chi connectivity index (χ2v) is 4.92. The second kappa shape index (κ2) is 4.60. The van der Waals surface area contributed by atoms with Crippen molar-refractivity contribution < 1.29 is 18.4 Å². The minimum Gasteiger partial charge on any atom is -0.345 e. The SMILES string of the molecule is CC1(C)C(=O)NCC(=O)N1Cc1c(F)cccc1F. The quantitative estimate of drug-likeness (QED) is 0.876. The molecule has 0 radical (unpaired) electrons. The van der Waals surface area contributed by atoms with Crippen molar-refractivity contribution in [3.63, 3.8) is 0 Å². The maximum absolute atomic E-state index is 13.6. The number of carbonyl (C=O) groups is 2. The summed E-state index contributed by atoms with van der Waals surface area (Å²) >= 11 is 0. The van der Waals surface area contributed by atoms with E-state index in [4.69, 9.17) is 0 Å². The molecule has 102 valence electrons. The Labute approximate surface area is 109 Å². The lowest BCUT2D eigenvalue weighted by Gasteiger charge is -2.41. The highest BCUT2D eigenvalue weighted by Gasteiger charge is 2.42. The van der Waals surface area contributed by atoms with Gasteiger partial charge in [0.05, 0.1) is 13.1 Å². The first kappa shape index (κ1) is 13.5. The van der Waals surface area contributed by atoms with Crippen molar-refractivity contribution >= 4 is 11.8 Å². The molecule has 1 heterocycles. The summed E-state index contributed by atoms with van der Waals surface area (Å²) in [6.07, 6.45) is 0. The van der Waals surface area contributed by atoms with Crippen LogP contribution in [0.4, 0.5) is 8.78 Å². The minimum absolute atomic E-state index is 0.154. The summed E-state index contributed by atoms with van der Waals surface area (Å²) in [5.41, 5.74) is -1.34. The van der Waals surface area contributed by atoms with E-state index in [0.29, 0.717) is 0 Å². The highest BCUT2D eigenvalue weighted by molar-refractivity contribution is 5.97. The minimum atomic E-state index is -1.13. The van der Waals surface area contributed by atoms with Crippen molar-refractivity contribution in [2.75, 3.05) is 6.54 Å². The maximum atomic E-state index is 13.6. The average molecular weight is 268 g/mol. The molecule has 0 spiro atoms. The Morgan fingerprint density at radius 2 is 1.84 bits per heavy atom. The third kappa shape index (κ3) is 2.30. The van der Waals surface area contributed by atoms with Gasteiger partial charge in [0.1, 0.15) is 17.2 Å². The van der Waals surface area contributed by atoms with Crippen molar-refractivity contribution in [1.82, 2.24) is 10.2 Å². The van der Waals surface area contributed by atoms with Gasteiger partial charge in [-0.2, -0.15) is 0 Å². The van der Waals surface area contributed by atoms with E-state index in [1.807, 2.05) is 0 Å². The van der Waals surface area contributed by atoms with Crippen LogP contribution >= 0.6 is 0 Å². The second-order valence-electron chi connectivity index (χ2n) is 4.92. The third-order valence-electron chi connectivity index (χ3n) is 3.31. The Hall–Kier alpha value is -1.98. The molecule has 1 N–H and O–H groups in total. The highest BCUT2D eigenvalue weighted by Crippen LogP contribution is 2.23. The van der Waals surface area contributed by atoms with Crippen LogP contribution in [-0.2, 0) is 16.1 Å². The van der Waals surface area contributed by atoms with E-state index in [-0.39, 0.29) is 30.5 Å². The zero-order valence-electron chi connectivity index (χ0n) is 10.7. The van der Waals surface area contributed by atoms with Crippen LogP contribution in [0, 0.1) is 11.6 Å². The normalized spacial score (nSPS) is 18.4. The van der Waals surface area contributed by atoms with Gasteiger partial charge in [-0.3, -0.25) is 9.59 Å². The number of rotatable bonds is 2. The molecule has 1 saturated heterocycles. The van der Waals surface area contributed by atoms with E-state index in [0.717, 1.165) is 12.1 Å². The molecule has 0 atom stereocenters. The number of piperazine rings is 1. The standard InChI is InChI=1S/C13H14F2N2O2/c1-13(2)12(19)16-6-11(18)17(13)7-8-9(14)4-3-5-10(8)15/h3-5H,6-7H2,1-2H3,(H,16,19). The molecular weight excluding hydrogens is 254 g/mol. The van der Waals surface area contributed by atoms with Crippen LogP contribution < -0.4 is 5.32 Å². The summed E-state index contributed by atoms with van der Waals surface area (Å²) in [7, 11) is 0. The topological polar surface area (TPSA) is 49.4 Å². The lowest BCUT2D eigenvalue weighted by atomic mass is 9.97. The lowest BCUT2D eigenvalue weighted by molar-refractivity contribution is -0.152. The van der Waals surface area contributed by atoms with E-state index in [9.17, 15) is 18.4 Å². The largest absolute Gasteiger partial charge is 0.345 e. The number of nitrogens with one attached hydrogen (secondary N) is 1. The van der Waals surface area contributed by atoms with Crippen molar-refractivity contribution in [2.45, 2.75) is 25.9 Å². The van der Waals surface area contributed by atoms with Crippen molar-refractivity contribution in [3.05, 3.63) is 35.4 Å². The van der Waals surface area contributed by atoms with Crippen LogP contribution in [0.5, 0.6) is 0 Å². The summed E-state index contributed by atoms with van der Waals surface area (Å²) in [5, 5.41) is 2.45. The van der Waals surface area contributed by atoms with Crippen LogP contribution in [0.2, 0.25) is 0 Å². The Kier molecular flexibility index (Phi) is 3.26. The number of amides is 2. The van der Waals surface area contributed by atoms with E-state index in [2.05, 4.69) is 5.32 Å². The van der Waals surface area contributed by atoms with Crippen LogP contribution in [-0.4, -0.2) is 28.8 Å². The number of hydrogen-bond acceptors (Lipinski definition) is 2. The first-order valence-corrected chi connectivity index (χ1v) is 5.85. The van der Waals surface area contributed by atoms with Gasteiger partial charge in [0.15, 0.2) is 0 Å². The van der Waals surface area contributed by atoms with Crippen LogP contribution in [0.25, 0.3) is 0 Å². The van der Waals surface area contributed by atoms with Gasteiger partial charge in [0, 0.05) is 5.56 Å². The van der Waals surface area contributed by atoms with E-state index >= 15 is 0 Å². The molecule has 1 aliphatic rings. The molecule has 4 nitrogen and oxygen atoms in total. The van der Waals surface area contributed by atoms with Crippen LogP contribution in [0.15, 0.2) is 18.2 Å². The Morgan fingerprint density at radius 1 is 1.26 bits per heavy atom. The summed E-state index contributed by atoms with van der Waals surface area (Å²) < 4.78 is 27.2. The molecule has 2 rings (SSSR count). The molecular formula is C13H14F2N2O2. The molecule has 1 aromatic carbocycles. The first-order chi connectivity index (χ1) is 8.84. The smallest absolute Gasteiger partial charge is 0.245 e. The van der Waals surface area contributed by atoms with Gasteiger partial charge < -0.3 is 10.2 Å². The molecule has 6 heteroatoms. The summed E-state index contributed by atoms with van der Waals surface area (Å²) in [4.78, 5) is 24.8. The van der Waals surface area contributed by atoms with Gasteiger partial charge in [-0.05, 0) is 26.0 Å². The number of benzene rings is 1. The summed E-state index contributed by atoms with van der Waals surface area (Å²) in [6, 6.07) is 3.50. The number of nitrogens with zero attached hydrogens (tertiary/aromatic N) is 1. The number of carbonyl (C=O) groups excluding carboxylic acids is 2. The molecule has 2 amide bonds. The molecule has 0 aromatic heterocycles. The van der Waals surface area contributed by atoms with Gasteiger partial charge in [0.25, 0.3) is 0 Å². The Bertz CT molecular complexity index is 523. The molecule has 0 saturated carbocycles. The first-order valence-electron chi connectivity index (χ1n) is 5.85. The molecule has 1 fully saturated rings. The molecule has 1 aliphatic heterocycles. The predicted molar refractivity (Wildman–Crippen MR) is 64.0 cm³/mol. The molecule has 0 unspecified atom stereocenters. The predicted octanol–water partition coefficient (Wildman–Crippen LogP) is 1.20. The number of halogens is 2. The number of hydrogen-bond donors (Lipinski definition) is 1. The molecule has 1 aromatic rings.